The second-order valence-electron chi connectivity index (χ2n) is 7.95. The molecule has 1 aromatic heterocycles. The Labute approximate surface area is 169 Å². The number of ether oxygens (including phenoxy) is 2. The van der Waals surface area contributed by atoms with Crippen molar-refractivity contribution >= 4 is 23.3 Å². The number of carbonyl (C=O) groups excluding carboxylic acids is 1. The number of esters is 1. The van der Waals surface area contributed by atoms with Crippen LogP contribution in [0.2, 0.25) is 0 Å². The van der Waals surface area contributed by atoms with Gasteiger partial charge < -0.3 is 14.6 Å². The lowest BCUT2D eigenvalue weighted by atomic mass is 9.86. The van der Waals surface area contributed by atoms with Crippen LogP contribution < -0.4 is 0 Å². The molecule has 6 rings (SSSR count). The number of hydrogen-bond acceptors (Lipinski definition) is 6. The Bertz CT molecular complexity index is 853. The van der Waals surface area contributed by atoms with Crippen molar-refractivity contribution in [1.29, 1.82) is 0 Å². The van der Waals surface area contributed by atoms with E-state index in [2.05, 4.69) is 27.2 Å². The molecule has 2 aromatic rings. The van der Waals surface area contributed by atoms with Crippen LogP contribution in [0.25, 0.3) is 10.9 Å². The van der Waals surface area contributed by atoms with Crippen LogP contribution in [0.4, 0.5) is 0 Å². The van der Waals surface area contributed by atoms with Gasteiger partial charge in [0.05, 0.1) is 5.52 Å². The second-order valence-corrected chi connectivity index (χ2v) is 7.95. The topological polar surface area (TPSA) is 105 Å². The summed E-state index contributed by atoms with van der Waals surface area (Å²) in [5, 5.41) is 15.0. The highest BCUT2D eigenvalue weighted by atomic mass is 16.5. The molecule has 4 aliphatic rings. The van der Waals surface area contributed by atoms with Gasteiger partial charge in [0.25, 0.3) is 6.47 Å². The van der Waals surface area contributed by atoms with E-state index in [0.29, 0.717) is 17.5 Å². The van der Waals surface area contributed by atoms with Crippen LogP contribution in [0, 0.1) is 5.92 Å². The predicted octanol–water partition coefficient (Wildman–Crippen LogP) is 2.41. The Morgan fingerprint density at radius 1 is 1.24 bits per heavy atom. The minimum atomic E-state index is -0.292. The Kier molecular flexibility index (Phi) is 6.10. The molecule has 4 aliphatic heterocycles. The molecule has 8 heteroatoms. The van der Waals surface area contributed by atoms with E-state index in [0.717, 1.165) is 69.4 Å². The molecule has 8 nitrogen and oxygen atoms in total. The summed E-state index contributed by atoms with van der Waals surface area (Å²) in [5.41, 5.74) is 2.58. The first-order valence-electron chi connectivity index (χ1n) is 10.3. The van der Waals surface area contributed by atoms with E-state index in [1.165, 1.54) is 5.56 Å². The summed E-state index contributed by atoms with van der Waals surface area (Å²) < 4.78 is 11.3. The number of carboxylic acid groups (broad SMARTS) is 1. The van der Waals surface area contributed by atoms with E-state index in [1.807, 2.05) is 6.07 Å². The summed E-state index contributed by atoms with van der Waals surface area (Å²) in [6, 6.07) is 6.28. The molecule has 2 bridgehead atoms. The zero-order valence-corrected chi connectivity index (χ0v) is 16.4. The van der Waals surface area contributed by atoms with Gasteiger partial charge in [-0.1, -0.05) is 6.07 Å². The van der Waals surface area contributed by atoms with Crippen LogP contribution in [0.3, 0.4) is 0 Å². The Balaban J connectivity index is 0.000000645. The summed E-state index contributed by atoms with van der Waals surface area (Å²) in [6.45, 7) is 4.51. The van der Waals surface area contributed by atoms with E-state index in [4.69, 9.17) is 19.4 Å². The normalized spacial score (nSPS) is 26.6. The fourth-order valence-corrected chi connectivity index (χ4v) is 4.71. The molecule has 156 valence electrons. The minimum Gasteiger partial charge on any atom is -0.483 e. The number of piperidine rings is 3. The molecule has 4 fully saturated rings. The van der Waals surface area contributed by atoms with Crippen molar-refractivity contribution in [3.05, 3.63) is 29.5 Å². The quantitative estimate of drug-likeness (QED) is 0.601. The summed E-state index contributed by atoms with van der Waals surface area (Å²) >= 11 is 0. The van der Waals surface area contributed by atoms with Crippen molar-refractivity contribution in [3.8, 4) is 0 Å². The average Bonchev–Trinajstić information content (AvgIpc) is 3.19. The Morgan fingerprint density at radius 3 is 2.62 bits per heavy atom. The zero-order chi connectivity index (χ0) is 20.2. The highest BCUT2D eigenvalue weighted by molar-refractivity contribution is 6.02. The Hall–Kier alpha value is -2.45. The van der Waals surface area contributed by atoms with Crippen molar-refractivity contribution < 1.29 is 24.2 Å². The third kappa shape index (κ3) is 4.28. The van der Waals surface area contributed by atoms with Crippen molar-refractivity contribution in [2.75, 3.05) is 32.8 Å². The van der Waals surface area contributed by atoms with Crippen LogP contribution in [0.1, 0.15) is 47.7 Å². The molecule has 0 saturated carbocycles. The number of H-pyrrole nitrogens is 1. The lowest BCUT2D eigenvalue weighted by molar-refractivity contribution is -0.122. The molecule has 0 spiro atoms. The molecule has 29 heavy (non-hydrogen) atoms. The van der Waals surface area contributed by atoms with Crippen LogP contribution in [0.15, 0.2) is 18.2 Å². The van der Waals surface area contributed by atoms with Crippen molar-refractivity contribution in [1.82, 2.24) is 15.1 Å². The van der Waals surface area contributed by atoms with Crippen molar-refractivity contribution in [3.63, 3.8) is 0 Å². The van der Waals surface area contributed by atoms with E-state index in [-0.39, 0.29) is 18.5 Å². The molecular formula is C21H27N3O5. The van der Waals surface area contributed by atoms with E-state index in [1.54, 1.807) is 0 Å². The maximum Gasteiger partial charge on any atom is 0.359 e. The lowest BCUT2D eigenvalue weighted by Gasteiger charge is -2.43. The molecule has 1 atom stereocenters. The van der Waals surface area contributed by atoms with Gasteiger partial charge in [-0.15, -0.1) is 0 Å². The van der Waals surface area contributed by atoms with Crippen molar-refractivity contribution in [2.45, 2.75) is 37.7 Å². The molecule has 1 aromatic carbocycles. The van der Waals surface area contributed by atoms with Gasteiger partial charge in [0.15, 0.2) is 5.69 Å². The molecule has 0 unspecified atom stereocenters. The summed E-state index contributed by atoms with van der Waals surface area (Å²) in [6.07, 6.45) is 4.33. The van der Waals surface area contributed by atoms with Gasteiger partial charge in [0.1, 0.15) is 6.10 Å². The second kappa shape index (κ2) is 8.92. The molecular weight excluding hydrogens is 374 g/mol. The van der Waals surface area contributed by atoms with E-state index in [9.17, 15) is 4.79 Å². The molecule has 4 saturated heterocycles. The first-order chi connectivity index (χ1) is 14.2. The third-order valence-electron chi connectivity index (χ3n) is 6.33. The summed E-state index contributed by atoms with van der Waals surface area (Å²) in [4.78, 5) is 23.6. The maximum atomic E-state index is 12.8. The number of aromatic amines is 1. The molecule has 0 aliphatic carbocycles. The molecule has 5 heterocycles. The van der Waals surface area contributed by atoms with E-state index < -0.39 is 0 Å². The number of hydrogen-bond donors (Lipinski definition) is 2. The number of carbonyl (C=O) groups is 2. The highest BCUT2D eigenvalue weighted by Gasteiger charge is 2.37. The first kappa shape index (κ1) is 19.8. The first-order valence-corrected chi connectivity index (χ1v) is 10.3. The zero-order valence-electron chi connectivity index (χ0n) is 16.4. The largest absolute Gasteiger partial charge is 0.483 e. The van der Waals surface area contributed by atoms with Crippen molar-refractivity contribution in [2.24, 2.45) is 5.92 Å². The van der Waals surface area contributed by atoms with Crippen LogP contribution in [-0.4, -0.2) is 71.6 Å². The van der Waals surface area contributed by atoms with Gasteiger partial charge >= 0.3 is 5.97 Å². The molecule has 0 radical (unpaired) electrons. The van der Waals surface area contributed by atoms with Gasteiger partial charge in [-0.25, -0.2) is 4.79 Å². The SMILES string of the molecule is O=C(O[C@@H]1CN2CCC1CC2)c1n[nH]c2ccc(C3CCOCC3)cc12.O=CO. The third-order valence-corrected chi connectivity index (χ3v) is 6.33. The fraction of sp³-hybridized carbons (Fsp3) is 0.571. The van der Waals surface area contributed by atoms with Crippen LogP contribution in [-0.2, 0) is 14.3 Å². The fourth-order valence-electron chi connectivity index (χ4n) is 4.71. The standard InChI is InChI=1S/C20H25N3O3.CH2O2/c24-20(26-18-12-23-7-3-14(18)4-8-23)19-16-11-15(1-2-17(16)21-22-19)13-5-9-25-10-6-13;2-1-3/h1-2,11,13-14,18H,3-10,12H2,(H,21,22);1H,(H,2,3)/t18-;/m1./s1. The predicted molar refractivity (Wildman–Crippen MR) is 106 cm³/mol. The van der Waals surface area contributed by atoms with Gasteiger partial charge in [0, 0.05) is 25.1 Å². The Morgan fingerprint density at radius 2 is 1.97 bits per heavy atom. The van der Waals surface area contributed by atoms with Gasteiger partial charge in [-0.2, -0.15) is 5.10 Å². The smallest absolute Gasteiger partial charge is 0.359 e. The lowest BCUT2D eigenvalue weighted by Crippen LogP contribution is -2.51. The molecule has 2 N–H and O–H groups in total. The summed E-state index contributed by atoms with van der Waals surface area (Å²) in [5.74, 6) is 0.708. The van der Waals surface area contributed by atoms with Gasteiger partial charge in [0.2, 0.25) is 0 Å². The number of rotatable bonds is 3. The van der Waals surface area contributed by atoms with E-state index >= 15 is 0 Å². The number of benzene rings is 1. The number of fused-ring (bicyclic) bond motifs is 4. The van der Waals surface area contributed by atoms with Crippen LogP contribution >= 0.6 is 0 Å². The highest BCUT2D eigenvalue weighted by Crippen LogP contribution is 2.32. The summed E-state index contributed by atoms with van der Waals surface area (Å²) in [7, 11) is 0. The maximum absolute atomic E-state index is 12.8. The number of nitrogens with zero attached hydrogens (tertiary/aromatic N) is 2. The van der Waals surface area contributed by atoms with Gasteiger partial charge in [-0.3, -0.25) is 14.8 Å². The average molecular weight is 401 g/mol. The van der Waals surface area contributed by atoms with Crippen LogP contribution in [0.5, 0.6) is 0 Å². The monoisotopic (exact) mass is 401 g/mol. The number of nitrogens with one attached hydrogen (secondary N) is 1. The molecule has 0 amide bonds. The number of aromatic nitrogens is 2. The van der Waals surface area contributed by atoms with Gasteiger partial charge in [-0.05, 0) is 68.3 Å². The minimum absolute atomic E-state index is 0.00965.